The summed E-state index contributed by atoms with van der Waals surface area (Å²) in [5.41, 5.74) is 2.18. The van der Waals surface area contributed by atoms with Crippen molar-refractivity contribution < 1.29 is 12.8 Å². The average Bonchev–Trinajstić information content (AvgIpc) is 3.10. The maximum Gasteiger partial charge on any atom is 0.243 e. The molecule has 1 aromatic carbocycles. The Morgan fingerprint density at radius 2 is 1.83 bits per heavy atom. The number of sulfonamides is 1. The standard InChI is InChI=1S/C18H24N2O3S/c1-14-3-5-18(6-4-14)24(21,22)20-10-7-17(8-11-20)19-15(2)16-9-12-23-13-16/h3-6,9,12-13,15,17,19H,7-8,10-11H2,1-2H3/t15-/m1/s1. The Hall–Kier alpha value is -1.63. The van der Waals surface area contributed by atoms with E-state index >= 15 is 0 Å². The van der Waals surface area contributed by atoms with Gasteiger partial charge < -0.3 is 9.73 Å². The minimum Gasteiger partial charge on any atom is -0.472 e. The van der Waals surface area contributed by atoms with Gasteiger partial charge in [0.05, 0.1) is 17.4 Å². The van der Waals surface area contributed by atoms with E-state index in [1.54, 1.807) is 29.0 Å². The van der Waals surface area contributed by atoms with Gasteiger partial charge in [0.1, 0.15) is 0 Å². The van der Waals surface area contributed by atoms with Crippen LogP contribution in [0.5, 0.6) is 0 Å². The highest BCUT2D eigenvalue weighted by atomic mass is 32.2. The van der Waals surface area contributed by atoms with Gasteiger partial charge in [0.15, 0.2) is 0 Å². The molecule has 0 radical (unpaired) electrons. The summed E-state index contributed by atoms with van der Waals surface area (Å²) < 4.78 is 32.1. The van der Waals surface area contributed by atoms with Crippen molar-refractivity contribution in [2.45, 2.75) is 43.7 Å². The third-order valence-electron chi connectivity index (χ3n) is 4.64. The second-order valence-corrected chi connectivity index (χ2v) is 8.37. The lowest BCUT2D eigenvalue weighted by atomic mass is 10.0. The van der Waals surface area contributed by atoms with Crippen LogP contribution in [-0.4, -0.2) is 31.9 Å². The van der Waals surface area contributed by atoms with E-state index in [2.05, 4.69) is 12.2 Å². The second kappa shape index (κ2) is 7.09. The first-order chi connectivity index (χ1) is 11.5. The van der Waals surface area contributed by atoms with Crippen LogP contribution < -0.4 is 5.32 Å². The lowest BCUT2D eigenvalue weighted by Crippen LogP contribution is -2.45. The van der Waals surface area contributed by atoms with Crippen molar-refractivity contribution in [2.24, 2.45) is 0 Å². The number of nitrogens with zero attached hydrogens (tertiary/aromatic N) is 1. The van der Waals surface area contributed by atoms with Gasteiger partial charge in [-0.25, -0.2) is 8.42 Å². The number of benzene rings is 1. The number of nitrogens with one attached hydrogen (secondary N) is 1. The summed E-state index contributed by atoms with van der Waals surface area (Å²) in [5.74, 6) is 0. The van der Waals surface area contributed by atoms with Crippen LogP contribution >= 0.6 is 0 Å². The Morgan fingerprint density at radius 3 is 2.42 bits per heavy atom. The van der Waals surface area contributed by atoms with Crippen LogP contribution in [0.2, 0.25) is 0 Å². The molecule has 5 nitrogen and oxygen atoms in total. The number of aryl methyl sites for hydroxylation is 1. The molecule has 2 aromatic rings. The maximum absolute atomic E-state index is 12.7. The minimum absolute atomic E-state index is 0.203. The van der Waals surface area contributed by atoms with E-state index in [9.17, 15) is 8.42 Å². The van der Waals surface area contributed by atoms with Gasteiger partial charge in [0, 0.05) is 30.7 Å². The molecular formula is C18H24N2O3S. The van der Waals surface area contributed by atoms with Crippen molar-refractivity contribution in [2.75, 3.05) is 13.1 Å². The van der Waals surface area contributed by atoms with Gasteiger partial charge in [-0.1, -0.05) is 17.7 Å². The molecule has 1 fully saturated rings. The fourth-order valence-corrected chi connectivity index (χ4v) is 4.56. The van der Waals surface area contributed by atoms with Crippen LogP contribution in [0.4, 0.5) is 0 Å². The summed E-state index contributed by atoms with van der Waals surface area (Å²) in [6.07, 6.45) is 5.04. The van der Waals surface area contributed by atoms with Crippen molar-refractivity contribution >= 4 is 10.0 Å². The van der Waals surface area contributed by atoms with Crippen LogP contribution in [-0.2, 0) is 10.0 Å². The normalized spacial score (nSPS) is 18.6. The monoisotopic (exact) mass is 348 g/mol. The highest BCUT2D eigenvalue weighted by molar-refractivity contribution is 7.89. The Kier molecular flexibility index (Phi) is 5.08. The third-order valence-corrected chi connectivity index (χ3v) is 6.55. The molecule has 0 unspecified atom stereocenters. The van der Waals surface area contributed by atoms with E-state index in [-0.39, 0.29) is 6.04 Å². The van der Waals surface area contributed by atoms with Crippen molar-refractivity contribution in [3.63, 3.8) is 0 Å². The third kappa shape index (κ3) is 3.71. The highest BCUT2D eigenvalue weighted by Gasteiger charge is 2.29. The maximum atomic E-state index is 12.7. The molecule has 1 aromatic heterocycles. The highest BCUT2D eigenvalue weighted by Crippen LogP contribution is 2.23. The molecule has 1 atom stereocenters. The van der Waals surface area contributed by atoms with Crippen LogP contribution in [0.1, 0.15) is 36.9 Å². The van der Waals surface area contributed by atoms with Gasteiger partial charge >= 0.3 is 0 Å². The lowest BCUT2D eigenvalue weighted by Gasteiger charge is -2.33. The average molecular weight is 348 g/mol. The molecule has 0 spiro atoms. The molecule has 130 valence electrons. The van der Waals surface area contributed by atoms with E-state index in [4.69, 9.17) is 4.42 Å². The molecule has 24 heavy (non-hydrogen) atoms. The number of hydrogen-bond donors (Lipinski definition) is 1. The summed E-state index contributed by atoms with van der Waals surface area (Å²) in [5, 5.41) is 3.56. The summed E-state index contributed by atoms with van der Waals surface area (Å²) >= 11 is 0. The zero-order chi connectivity index (χ0) is 17.2. The molecule has 1 N–H and O–H groups in total. The van der Waals surface area contributed by atoms with Gasteiger partial charge in [-0.3, -0.25) is 0 Å². The van der Waals surface area contributed by atoms with Gasteiger partial charge in [0.2, 0.25) is 10.0 Å². The lowest BCUT2D eigenvalue weighted by molar-refractivity contribution is 0.277. The molecule has 1 saturated heterocycles. The van der Waals surface area contributed by atoms with E-state index in [0.717, 1.165) is 24.0 Å². The molecule has 0 saturated carbocycles. The Balaban J connectivity index is 1.59. The van der Waals surface area contributed by atoms with Crippen LogP contribution in [0.3, 0.4) is 0 Å². The predicted octanol–water partition coefficient (Wildman–Crippen LogP) is 3.09. The smallest absolute Gasteiger partial charge is 0.243 e. The van der Waals surface area contributed by atoms with Gasteiger partial charge in [-0.2, -0.15) is 4.31 Å². The van der Waals surface area contributed by atoms with Crippen LogP contribution in [0.25, 0.3) is 0 Å². The summed E-state index contributed by atoms with van der Waals surface area (Å²) in [6.45, 7) is 5.15. The Morgan fingerprint density at radius 1 is 1.17 bits per heavy atom. The Labute approximate surface area is 143 Å². The fourth-order valence-electron chi connectivity index (χ4n) is 3.09. The number of hydrogen-bond acceptors (Lipinski definition) is 4. The largest absolute Gasteiger partial charge is 0.472 e. The van der Waals surface area contributed by atoms with Crippen molar-refractivity contribution in [1.82, 2.24) is 9.62 Å². The first-order valence-electron chi connectivity index (χ1n) is 8.32. The van der Waals surface area contributed by atoms with Crippen LogP contribution in [0.15, 0.2) is 52.2 Å². The minimum atomic E-state index is -3.38. The second-order valence-electron chi connectivity index (χ2n) is 6.44. The first-order valence-corrected chi connectivity index (χ1v) is 9.76. The zero-order valence-electron chi connectivity index (χ0n) is 14.1. The number of rotatable bonds is 5. The molecule has 1 aliphatic heterocycles. The van der Waals surface area contributed by atoms with E-state index in [1.807, 2.05) is 25.1 Å². The molecule has 3 rings (SSSR count). The fraction of sp³-hybridized carbons (Fsp3) is 0.444. The van der Waals surface area contributed by atoms with Crippen LogP contribution in [0, 0.1) is 6.92 Å². The molecule has 0 aliphatic carbocycles. The van der Waals surface area contributed by atoms with Gasteiger partial charge in [0.25, 0.3) is 0 Å². The SMILES string of the molecule is Cc1ccc(S(=O)(=O)N2CCC(N[C@H](C)c3ccoc3)CC2)cc1. The number of furan rings is 1. The molecule has 2 heterocycles. The first kappa shape index (κ1) is 17.2. The van der Waals surface area contributed by atoms with Gasteiger partial charge in [-0.15, -0.1) is 0 Å². The molecule has 1 aliphatic rings. The molecule has 0 bridgehead atoms. The van der Waals surface area contributed by atoms with E-state index in [0.29, 0.717) is 24.0 Å². The van der Waals surface area contributed by atoms with Crippen molar-refractivity contribution in [3.8, 4) is 0 Å². The van der Waals surface area contributed by atoms with Crippen molar-refractivity contribution in [1.29, 1.82) is 0 Å². The van der Waals surface area contributed by atoms with E-state index in [1.165, 1.54) is 0 Å². The quantitative estimate of drug-likeness (QED) is 0.902. The predicted molar refractivity (Wildman–Crippen MR) is 93.2 cm³/mol. The summed E-state index contributed by atoms with van der Waals surface area (Å²) in [7, 11) is -3.38. The molecule has 0 amide bonds. The summed E-state index contributed by atoms with van der Waals surface area (Å²) in [4.78, 5) is 0.381. The molecule has 6 heteroatoms. The Bertz CT molecular complexity index is 746. The summed E-state index contributed by atoms with van der Waals surface area (Å²) in [6, 6.07) is 9.54. The zero-order valence-corrected chi connectivity index (χ0v) is 14.9. The van der Waals surface area contributed by atoms with Gasteiger partial charge in [-0.05, 0) is 44.9 Å². The topological polar surface area (TPSA) is 62.6 Å². The van der Waals surface area contributed by atoms with Crippen molar-refractivity contribution in [3.05, 3.63) is 54.0 Å². The van der Waals surface area contributed by atoms with E-state index < -0.39 is 10.0 Å². The molecular weight excluding hydrogens is 324 g/mol. The number of piperidine rings is 1.